The number of hydrogen-bond acceptors (Lipinski definition) is 4. The van der Waals surface area contributed by atoms with E-state index in [4.69, 9.17) is 9.47 Å². The second kappa shape index (κ2) is 9.48. The summed E-state index contributed by atoms with van der Waals surface area (Å²) in [6.07, 6.45) is 4.18. The smallest absolute Gasteiger partial charge is 0.193 e. The van der Waals surface area contributed by atoms with E-state index >= 15 is 0 Å². The van der Waals surface area contributed by atoms with Gasteiger partial charge in [0, 0.05) is 46.6 Å². The number of rotatable bonds is 5. The Morgan fingerprint density at radius 2 is 1.39 bits per heavy atom. The van der Waals surface area contributed by atoms with Crippen molar-refractivity contribution in [2.24, 2.45) is 0 Å². The first-order chi connectivity index (χ1) is 17.7. The van der Waals surface area contributed by atoms with Crippen LogP contribution in [0.25, 0.3) is 6.08 Å². The van der Waals surface area contributed by atoms with Gasteiger partial charge < -0.3 is 14.4 Å². The Kier molecular flexibility index (Phi) is 5.88. The maximum Gasteiger partial charge on any atom is 0.193 e. The minimum Gasteiger partial charge on any atom is -0.473 e. The van der Waals surface area contributed by atoms with Crippen LogP contribution in [0.1, 0.15) is 32.6 Å². The first-order valence-corrected chi connectivity index (χ1v) is 12.3. The Balaban J connectivity index is 1.36. The molecule has 0 spiro atoms. The SMILES string of the molecule is O=C(c1ccccc1)c1ccc2c(c1)C=CC(c1ccccc1)(c1ccc(N3CCOCC3)cc1)O2. The van der Waals surface area contributed by atoms with Crippen LogP contribution in [0.5, 0.6) is 5.75 Å². The largest absolute Gasteiger partial charge is 0.473 e. The van der Waals surface area contributed by atoms with Gasteiger partial charge in [0.2, 0.25) is 0 Å². The monoisotopic (exact) mass is 473 g/mol. The summed E-state index contributed by atoms with van der Waals surface area (Å²) in [6, 6.07) is 34.0. The average molecular weight is 474 g/mol. The lowest BCUT2D eigenvalue weighted by atomic mass is 9.83. The number of anilines is 1. The third-order valence-corrected chi connectivity index (χ3v) is 6.95. The molecule has 4 aromatic carbocycles. The van der Waals surface area contributed by atoms with Crippen molar-refractivity contribution in [3.8, 4) is 5.75 Å². The third-order valence-electron chi connectivity index (χ3n) is 6.95. The molecule has 0 amide bonds. The van der Waals surface area contributed by atoms with Crippen LogP contribution in [0.4, 0.5) is 5.69 Å². The molecule has 36 heavy (non-hydrogen) atoms. The van der Waals surface area contributed by atoms with Gasteiger partial charge in [-0.25, -0.2) is 0 Å². The van der Waals surface area contributed by atoms with E-state index in [0.717, 1.165) is 48.7 Å². The normalized spacial score (nSPS) is 18.8. The summed E-state index contributed by atoms with van der Waals surface area (Å²) in [5, 5.41) is 0. The molecule has 0 bridgehead atoms. The van der Waals surface area contributed by atoms with Crippen molar-refractivity contribution in [2.45, 2.75) is 5.60 Å². The number of carbonyl (C=O) groups excluding carboxylic acids is 1. The number of benzene rings is 4. The Bertz CT molecular complexity index is 1390. The van der Waals surface area contributed by atoms with Crippen LogP contribution < -0.4 is 9.64 Å². The van der Waals surface area contributed by atoms with Crippen molar-refractivity contribution in [2.75, 3.05) is 31.2 Å². The molecule has 0 saturated carbocycles. The molecule has 4 nitrogen and oxygen atoms in total. The Morgan fingerprint density at radius 3 is 2.11 bits per heavy atom. The number of carbonyl (C=O) groups is 1. The number of morpholine rings is 1. The average Bonchev–Trinajstić information content (AvgIpc) is 2.97. The fraction of sp³-hybridized carbons (Fsp3) is 0.156. The van der Waals surface area contributed by atoms with Gasteiger partial charge in [-0.2, -0.15) is 0 Å². The topological polar surface area (TPSA) is 38.8 Å². The Hall–Kier alpha value is -4.15. The van der Waals surface area contributed by atoms with Crippen LogP contribution in [0.15, 0.2) is 109 Å². The van der Waals surface area contributed by atoms with Gasteiger partial charge in [-0.1, -0.05) is 78.9 Å². The highest BCUT2D eigenvalue weighted by Gasteiger charge is 2.37. The third kappa shape index (κ3) is 4.10. The van der Waals surface area contributed by atoms with Gasteiger partial charge in [-0.3, -0.25) is 4.79 Å². The maximum atomic E-state index is 13.0. The van der Waals surface area contributed by atoms with Crippen molar-refractivity contribution in [1.29, 1.82) is 0 Å². The zero-order chi connectivity index (χ0) is 24.4. The van der Waals surface area contributed by atoms with E-state index in [1.165, 1.54) is 5.69 Å². The fourth-order valence-corrected chi connectivity index (χ4v) is 4.99. The molecule has 178 valence electrons. The van der Waals surface area contributed by atoms with Crippen molar-refractivity contribution in [3.05, 3.63) is 137 Å². The Labute approximate surface area is 211 Å². The van der Waals surface area contributed by atoms with E-state index in [9.17, 15) is 4.79 Å². The molecule has 2 heterocycles. The molecule has 0 aliphatic carbocycles. The molecule has 0 aromatic heterocycles. The predicted molar refractivity (Wildman–Crippen MR) is 143 cm³/mol. The molecule has 0 radical (unpaired) electrons. The van der Waals surface area contributed by atoms with Gasteiger partial charge in [0.1, 0.15) is 5.75 Å². The standard InChI is InChI=1S/C32H27NO3/c34-31(24-7-3-1-4-8-24)26-11-16-30-25(23-26)17-18-32(36-30,27-9-5-2-6-10-27)28-12-14-29(15-13-28)33-19-21-35-22-20-33/h1-18,23H,19-22H2. The molecular weight excluding hydrogens is 446 g/mol. The van der Waals surface area contributed by atoms with E-state index in [1.807, 2.05) is 66.7 Å². The second-order valence-corrected chi connectivity index (χ2v) is 9.13. The number of ketones is 1. The molecule has 0 N–H and O–H groups in total. The van der Waals surface area contributed by atoms with Crippen molar-refractivity contribution >= 4 is 17.5 Å². The second-order valence-electron chi connectivity index (χ2n) is 9.13. The maximum absolute atomic E-state index is 13.0. The minimum absolute atomic E-state index is 0.00500. The number of nitrogens with zero attached hydrogens (tertiary/aromatic N) is 1. The summed E-state index contributed by atoms with van der Waals surface area (Å²) < 4.78 is 12.3. The zero-order valence-electron chi connectivity index (χ0n) is 20.0. The van der Waals surface area contributed by atoms with E-state index in [1.54, 1.807) is 0 Å². The van der Waals surface area contributed by atoms with Crippen LogP contribution in [-0.4, -0.2) is 32.1 Å². The van der Waals surface area contributed by atoms with Crippen LogP contribution >= 0.6 is 0 Å². The van der Waals surface area contributed by atoms with Gasteiger partial charge in [-0.15, -0.1) is 0 Å². The first kappa shape index (κ1) is 22.3. The predicted octanol–water partition coefficient (Wildman–Crippen LogP) is 6.10. The van der Waals surface area contributed by atoms with Crippen LogP contribution in [0.3, 0.4) is 0 Å². The fourth-order valence-electron chi connectivity index (χ4n) is 4.99. The molecule has 4 aromatic rings. The summed E-state index contributed by atoms with van der Waals surface area (Å²) in [7, 11) is 0. The number of fused-ring (bicyclic) bond motifs is 1. The van der Waals surface area contributed by atoms with E-state index in [0.29, 0.717) is 11.1 Å². The minimum atomic E-state index is -0.761. The van der Waals surface area contributed by atoms with E-state index < -0.39 is 5.60 Å². The molecule has 1 unspecified atom stereocenters. The van der Waals surface area contributed by atoms with Crippen molar-refractivity contribution in [3.63, 3.8) is 0 Å². The van der Waals surface area contributed by atoms with Crippen LogP contribution in [0.2, 0.25) is 0 Å². The zero-order valence-corrected chi connectivity index (χ0v) is 20.0. The highest BCUT2D eigenvalue weighted by Crippen LogP contribution is 2.42. The van der Waals surface area contributed by atoms with Gasteiger partial charge in [0.15, 0.2) is 11.4 Å². The first-order valence-electron chi connectivity index (χ1n) is 12.3. The molecule has 4 heteroatoms. The Morgan fingerprint density at radius 1 is 0.722 bits per heavy atom. The van der Waals surface area contributed by atoms with Crippen molar-refractivity contribution in [1.82, 2.24) is 0 Å². The highest BCUT2D eigenvalue weighted by atomic mass is 16.5. The van der Waals surface area contributed by atoms with E-state index in [2.05, 4.69) is 53.5 Å². The molecular formula is C32H27NO3. The lowest BCUT2D eigenvalue weighted by molar-refractivity contribution is 0.103. The summed E-state index contributed by atoms with van der Waals surface area (Å²) >= 11 is 0. The lowest BCUT2D eigenvalue weighted by Gasteiger charge is -2.36. The molecule has 6 rings (SSSR count). The lowest BCUT2D eigenvalue weighted by Crippen LogP contribution is -2.36. The number of ether oxygens (including phenoxy) is 2. The van der Waals surface area contributed by atoms with Crippen LogP contribution in [-0.2, 0) is 10.3 Å². The molecule has 1 atom stereocenters. The summed E-state index contributed by atoms with van der Waals surface area (Å²) in [5.74, 6) is 0.758. The van der Waals surface area contributed by atoms with Gasteiger partial charge in [-0.05, 0) is 36.4 Å². The highest BCUT2D eigenvalue weighted by molar-refractivity contribution is 6.09. The van der Waals surface area contributed by atoms with Crippen molar-refractivity contribution < 1.29 is 14.3 Å². The van der Waals surface area contributed by atoms with Gasteiger partial charge in [0.05, 0.1) is 13.2 Å². The molecule has 1 fully saturated rings. The summed E-state index contributed by atoms with van der Waals surface area (Å²) in [6.45, 7) is 3.31. The molecule has 1 saturated heterocycles. The summed E-state index contributed by atoms with van der Waals surface area (Å²) in [5.41, 5.74) is 4.76. The van der Waals surface area contributed by atoms with E-state index in [-0.39, 0.29) is 5.78 Å². The van der Waals surface area contributed by atoms with Gasteiger partial charge >= 0.3 is 0 Å². The quantitative estimate of drug-likeness (QED) is 0.328. The molecule has 2 aliphatic heterocycles. The molecule has 2 aliphatic rings. The number of hydrogen-bond donors (Lipinski definition) is 0. The summed E-state index contributed by atoms with van der Waals surface area (Å²) in [4.78, 5) is 15.3. The van der Waals surface area contributed by atoms with Crippen LogP contribution in [0, 0.1) is 0 Å². The van der Waals surface area contributed by atoms with Gasteiger partial charge in [0.25, 0.3) is 0 Å².